The fourth-order valence-corrected chi connectivity index (χ4v) is 2.08. The van der Waals surface area contributed by atoms with Gasteiger partial charge in [-0.25, -0.2) is 0 Å². The zero-order valence-corrected chi connectivity index (χ0v) is 10.7. The number of carbonyl (C=O) groups excluding carboxylic acids is 1. The van der Waals surface area contributed by atoms with Crippen molar-refractivity contribution in [3.63, 3.8) is 0 Å². The number of carbonyl (C=O) groups is 1. The summed E-state index contributed by atoms with van der Waals surface area (Å²) in [6, 6.07) is 0. The van der Waals surface area contributed by atoms with Gasteiger partial charge < -0.3 is 9.84 Å². The molecule has 1 aliphatic heterocycles. The van der Waals surface area contributed by atoms with E-state index in [9.17, 15) is 9.90 Å². The fraction of sp³-hybridized carbons (Fsp3) is 0.917. The van der Waals surface area contributed by atoms with Gasteiger partial charge in [0.1, 0.15) is 5.60 Å². The quantitative estimate of drug-likeness (QED) is 0.735. The smallest absolute Gasteiger partial charge is 0.320 e. The van der Waals surface area contributed by atoms with Gasteiger partial charge in [0.25, 0.3) is 0 Å². The van der Waals surface area contributed by atoms with Crippen molar-refractivity contribution in [3.8, 4) is 0 Å². The molecule has 4 heteroatoms. The molecule has 0 aromatic rings. The van der Waals surface area contributed by atoms with Crippen molar-refractivity contribution in [2.75, 3.05) is 19.6 Å². The second kappa shape index (κ2) is 4.72. The maximum Gasteiger partial charge on any atom is 0.320 e. The third kappa shape index (κ3) is 4.10. The van der Waals surface area contributed by atoms with Crippen molar-refractivity contribution in [2.45, 2.75) is 51.7 Å². The summed E-state index contributed by atoms with van der Waals surface area (Å²) in [6.45, 7) is 9.06. The molecule has 0 aromatic carbocycles. The Bertz CT molecular complexity index is 251. The molecule has 0 atom stereocenters. The Balaban J connectivity index is 2.25. The Morgan fingerprint density at radius 2 is 2.00 bits per heavy atom. The molecule has 1 aliphatic rings. The molecular weight excluding hydrogens is 206 g/mol. The molecule has 0 unspecified atom stereocenters. The first kappa shape index (κ1) is 13.5. The van der Waals surface area contributed by atoms with Gasteiger partial charge in [-0.3, -0.25) is 9.69 Å². The third-order valence-corrected chi connectivity index (χ3v) is 2.52. The van der Waals surface area contributed by atoms with Crippen molar-refractivity contribution < 1.29 is 14.6 Å². The number of likely N-dealkylation sites (tertiary alicyclic amines) is 1. The van der Waals surface area contributed by atoms with Crippen molar-refractivity contribution in [3.05, 3.63) is 0 Å². The second-order valence-electron chi connectivity index (χ2n) is 5.71. The number of hydrogen-bond donors (Lipinski definition) is 1. The molecule has 0 aliphatic carbocycles. The molecule has 16 heavy (non-hydrogen) atoms. The molecule has 1 N–H and O–H groups in total. The maximum atomic E-state index is 11.5. The first-order valence-corrected chi connectivity index (χ1v) is 5.91. The molecule has 1 rings (SSSR count). The van der Waals surface area contributed by atoms with Gasteiger partial charge in [-0.05, 0) is 27.2 Å². The van der Waals surface area contributed by atoms with E-state index in [-0.39, 0.29) is 12.5 Å². The monoisotopic (exact) mass is 229 g/mol. The van der Waals surface area contributed by atoms with Gasteiger partial charge in [-0.15, -0.1) is 0 Å². The van der Waals surface area contributed by atoms with Crippen LogP contribution in [0.2, 0.25) is 0 Å². The van der Waals surface area contributed by atoms with Gasteiger partial charge in [0.15, 0.2) is 0 Å². The molecule has 0 saturated carbocycles. The van der Waals surface area contributed by atoms with E-state index in [0.717, 1.165) is 12.8 Å². The highest BCUT2D eigenvalue weighted by Gasteiger charge is 2.41. The minimum absolute atomic E-state index is 0.217. The topological polar surface area (TPSA) is 49.8 Å². The van der Waals surface area contributed by atoms with Gasteiger partial charge in [0, 0.05) is 13.1 Å². The highest BCUT2D eigenvalue weighted by molar-refractivity contribution is 5.72. The van der Waals surface area contributed by atoms with Gasteiger partial charge in [-0.1, -0.05) is 13.3 Å². The average Bonchev–Trinajstić information content (AvgIpc) is 1.97. The van der Waals surface area contributed by atoms with Crippen LogP contribution in [0.4, 0.5) is 0 Å². The summed E-state index contributed by atoms with van der Waals surface area (Å²) >= 11 is 0. The van der Waals surface area contributed by atoms with Crippen LogP contribution in [0.25, 0.3) is 0 Å². The summed E-state index contributed by atoms with van der Waals surface area (Å²) in [4.78, 5) is 13.4. The third-order valence-electron chi connectivity index (χ3n) is 2.52. The maximum absolute atomic E-state index is 11.5. The number of nitrogens with zero attached hydrogens (tertiary/aromatic N) is 1. The number of hydrogen-bond acceptors (Lipinski definition) is 4. The Morgan fingerprint density at radius 1 is 1.44 bits per heavy atom. The summed E-state index contributed by atoms with van der Waals surface area (Å²) in [6.07, 6.45) is 1.77. The van der Waals surface area contributed by atoms with Crippen LogP contribution in [-0.2, 0) is 9.53 Å². The largest absolute Gasteiger partial charge is 0.459 e. The summed E-state index contributed by atoms with van der Waals surface area (Å²) in [5.41, 5.74) is -1.00. The minimum atomic E-state index is -0.573. The first-order valence-electron chi connectivity index (χ1n) is 5.91. The van der Waals surface area contributed by atoms with Crippen LogP contribution < -0.4 is 0 Å². The van der Waals surface area contributed by atoms with Crippen molar-refractivity contribution in [1.29, 1.82) is 0 Å². The van der Waals surface area contributed by atoms with Gasteiger partial charge in [0.2, 0.25) is 0 Å². The molecule has 0 spiro atoms. The van der Waals surface area contributed by atoms with E-state index in [0.29, 0.717) is 13.1 Å². The zero-order chi connectivity index (χ0) is 12.4. The fourth-order valence-electron chi connectivity index (χ4n) is 2.08. The molecule has 0 amide bonds. The van der Waals surface area contributed by atoms with Crippen molar-refractivity contribution in [2.24, 2.45) is 0 Å². The number of aliphatic hydroxyl groups is 1. The second-order valence-corrected chi connectivity index (χ2v) is 5.71. The van der Waals surface area contributed by atoms with Crippen molar-refractivity contribution in [1.82, 2.24) is 4.90 Å². The lowest BCUT2D eigenvalue weighted by Gasteiger charge is -2.46. The molecule has 1 heterocycles. The molecule has 1 fully saturated rings. The lowest BCUT2D eigenvalue weighted by Crippen LogP contribution is -2.62. The van der Waals surface area contributed by atoms with Crippen LogP contribution in [0.3, 0.4) is 0 Å². The van der Waals surface area contributed by atoms with Crippen LogP contribution in [0.5, 0.6) is 0 Å². The van der Waals surface area contributed by atoms with E-state index >= 15 is 0 Å². The Labute approximate surface area is 97.6 Å². The van der Waals surface area contributed by atoms with Crippen LogP contribution in [-0.4, -0.2) is 46.8 Å². The van der Waals surface area contributed by atoms with E-state index in [1.165, 1.54) is 0 Å². The first-order chi connectivity index (χ1) is 7.24. The van der Waals surface area contributed by atoms with Crippen LogP contribution in [0.15, 0.2) is 0 Å². The zero-order valence-electron chi connectivity index (χ0n) is 10.7. The predicted octanol–water partition coefficient (Wildman–Crippen LogP) is 1.17. The Morgan fingerprint density at radius 3 is 2.44 bits per heavy atom. The lowest BCUT2D eigenvalue weighted by molar-refractivity contribution is -0.163. The van der Waals surface area contributed by atoms with Gasteiger partial charge >= 0.3 is 5.97 Å². The Kier molecular flexibility index (Phi) is 3.97. The molecule has 0 bridgehead atoms. The molecule has 4 nitrogen and oxygen atoms in total. The summed E-state index contributed by atoms with van der Waals surface area (Å²) in [5.74, 6) is -0.217. The predicted molar refractivity (Wildman–Crippen MR) is 62.1 cm³/mol. The Hall–Kier alpha value is -0.610. The van der Waals surface area contributed by atoms with Gasteiger partial charge in [-0.2, -0.15) is 0 Å². The van der Waals surface area contributed by atoms with Gasteiger partial charge in [0.05, 0.1) is 12.1 Å². The molecule has 1 saturated heterocycles. The molecule has 94 valence electrons. The number of β-amino-alcohol motifs (C(OH)–C–C–N with tert-alkyl or cyclic N) is 1. The number of ether oxygens (including phenoxy) is 1. The van der Waals surface area contributed by atoms with Crippen LogP contribution in [0, 0.1) is 0 Å². The van der Waals surface area contributed by atoms with E-state index in [1.807, 2.05) is 25.7 Å². The van der Waals surface area contributed by atoms with Crippen LogP contribution >= 0.6 is 0 Å². The SMILES string of the molecule is CCCC1(O)CN(CC(=O)OC(C)(C)C)C1. The minimum Gasteiger partial charge on any atom is -0.459 e. The normalized spacial score (nSPS) is 20.3. The summed E-state index contributed by atoms with van der Waals surface area (Å²) < 4.78 is 5.21. The van der Waals surface area contributed by atoms with Crippen molar-refractivity contribution >= 4 is 5.97 Å². The number of rotatable bonds is 4. The van der Waals surface area contributed by atoms with E-state index in [4.69, 9.17) is 4.74 Å². The highest BCUT2D eigenvalue weighted by Crippen LogP contribution is 2.25. The van der Waals surface area contributed by atoms with Crippen LogP contribution in [0.1, 0.15) is 40.5 Å². The van der Waals surface area contributed by atoms with E-state index in [1.54, 1.807) is 0 Å². The summed E-state index contributed by atoms with van der Waals surface area (Å²) in [5, 5.41) is 9.93. The average molecular weight is 229 g/mol. The molecule has 0 aromatic heterocycles. The molecule has 0 radical (unpaired) electrons. The number of esters is 1. The van der Waals surface area contributed by atoms with E-state index < -0.39 is 11.2 Å². The lowest BCUT2D eigenvalue weighted by atomic mass is 9.89. The summed E-state index contributed by atoms with van der Waals surface area (Å²) in [7, 11) is 0. The molecular formula is C12H23NO3. The standard InChI is InChI=1S/C12H23NO3/c1-5-6-12(15)8-13(9-12)7-10(14)16-11(2,3)4/h15H,5-9H2,1-4H3. The van der Waals surface area contributed by atoms with E-state index in [2.05, 4.69) is 6.92 Å². The highest BCUT2D eigenvalue weighted by atomic mass is 16.6.